The Labute approximate surface area is 134 Å². The van der Waals surface area contributed by atoms with Crippen molar-refractivity contribution < 1.29 is 9.59 Å². The van der Waals surface area contributed by atoms with Gasteiger partial charge in [-0.3, -0.25) is 9.59 Å². The van der Waals surface area contributed by atoms with Crippen LogP contribution in [0.3, 0.4) is 0 Å². The standard InChI is InChI=1S/C17H31N3O2/c1-17(2,3)12-15(21)18-13-16(22)20-10-6-14(7-11-20)19-8-4-5-9-19/h14H,4-13H2,1-3H3,(H,18,21). The number of carbonyl (C=O) groups is 2. The van der Waals surface area contributed by atoms with E-state index in [1.807, 2.05) is 25.7 Å². The molecule has 0 unspecified atom stereocenters. The van der Waals surface area contributed by atoms with Crippen molar-refractivity contribution in [3.05, 3.63) is 0 Å². The summed E-state index contributed by atoms with van der Waals surface area (Å²) in [5, 5.41) is 2.76. The van der Waals surface area contributed by atoms with Crippen molar-refractivity contribution in [1.29, 1.82) is 0 Å². The summed E-state index contributed by atoms with van der Waals surface area (Å²) in [4.78, 5) is 28.5. The molecule has 2 rings (SSSR count). The number of rotatable bonds is 4. The van der Waals surface area contributed by atoms with Crippen LogP contribution in [0.2, 0.25) is 0 Å². The molecule has 2 aliphatic heterocycles. The molecule has 2 amide bonds. The van der Waals surface area contributed by atoms with E-state index in [0.29, 0.717) is 12.5 Å². The van der Waals surface area contributed by atoms with E-state index in [4.69, 9.17) is 0 Å². The van der Waals surface area contributed by atoms with Crippen LogP contribution in [-0.2, 0) is 9.59 Å². The van der Waals surface area contributed by atoms with E-state index in [1.165, 1.54) is 25.9 Å². The molecule has 0 saturated carbocycles. The predicted molar refractivity (Wildman–Crippen MR) is 87.5 cm³/mol. The van der Waals surface area contributed by atoms with Gasteiger partial charge < -0.3 is 15.1 Å². The van der Waals surface area contributed by atoms with Crippen molar-refractivity contribution in [2.75, 3.05) is 32.7 Å². The number of hydrogen-bond donors (Lipinski definition) is 1. The first-order valence-electron chi connectivity index (χ1n) is 8.64. The molecular weight excluding hydrogens is 278 g/mol. The summed E-state index contributed by atoms with van der Waals surface area (Å²) >= 11 is 0. The first kappa shape index (κ1) is 17.3. The zero-order valence-corrected chi connectivity index (χ0v) is 14.4. The highest BCUT2D eigenvalue weighted by atomic mass is 16.2. The van der Waals surface area contributed by atoms with E-state index in [0.717, 1.165) is 25.9 Å². The molecule has 2 aliphatic rings. The maximum absolute atomic E-state index is 12.2. The molecule has 5 nitrogen and oxygen atoms in total. The SMILES string of the molecule is CC(C)(C)CC(=O)NCC(=O)N1CCC(N2CCCC2)CC1. The number of piperidine rings is 1. The Balaban J connectivity index is 1.67. The lowest BCUT2D eigenvalue weighted by molar-refractivity contribution is -0.134. The van der Waals surface area contributed by atoms with Crippen molar-refractivity contribution in [3.63, 3.8) is 0 Å². The van der Waals surface area contributed by atoms with Crippen molar-refractivity contribution in [2.24, 2.45) is 5.41 Å². The highest BCUT2D eigenvalue weighted by molar-refractivity contribution is 5.85. The van der Waals surface area contributed by atoms with E-state index in [9.17, 15) is 9.59 Å². The Bertz CT molecular complexity index is 389. The molecule has 22 heavy (non-hydrogen) atoms. The molecule has 2 saturated heterocycles. The van der Waals surface area contributed by atoms with E-state index in [2.05, 4.69) is 10.2 Å². The summed E-state index contributed by atoms with van der Waals surface area (Å²) in [5.41, 5.74) is -0.0405. The summed E-state index contributed by atoms with van der Waals surface area (Å²) in [5.74, 6) is 0.0231. The van der Waals surface area contributed by atoms with Crippen LogP contribution in [0.15, 0.2) is 0 Å². The second-order valence-corrected chi connectivity index (χ2v) is 7.87. The maximum Gasteiger partial charge on any atom is 0.241 e. The second kappa shape index (κ2) is 7.44. The number of nitrogens with zero attached hydrogens (tertiary/aromatic N) is 2. The number of carbonyl (C=O) groups excluding carboxylic acids is 2. The van der Waals surface area contributed by atoms with Crippen LogP contribution in [0, 0.1) is 5.41 Å². The Morgan fingerprint density at radius 2 is 1.64 bits per heavy atom. The van der Waals surface area contributed by atoms with Gasteiger partial charge in [0.15, 0.2) is 0 Å². The Morgan fingerprint density at radius 1 is 1.05 bits per heavy atom. The Morgan fingerprint density at radius 3 is 2.18 bits per heavy atom. The number of likely N-dealkylation sites (tertiary alicyclic amines) is 2. The minimum Gasteiger partial charge on any atom is -0.347 e. The van der Waals surface area contributed by atoms with Crippen LogP contribution in [0.4, 0.5) is 0 Å². The lowest BCUT2D eigenvalue weighted by atomic mass is 9.92. The summed E-state index contributed by atoms with van der Waals surface area (Å²) in [7, 11) is 0. The van der Waals surface area contributed by atoms with Crippen molar-refractivity contribution in [2.45, 2.75) is 58.9 Å². The van der Waals surface area contributed by atoms with E-state index < -0.39 is 0 Å². The zero-order valence-electron chi connectivity index (χ0n) is 14.4. The molecule has 0 atom stereocenters. The quantitative estimate of drug-likeness (QED) is 0.859. The van der Waals surface area contributed by atoms with Gasteiger partial charge in [-0.05, 0) is 44.2 Å². The van der Waals surface area contributed by atoms with Gasteiger partial charge >= 0.3 is 0 Å². The average molecular weight is 309 g/mol. The largest absolute Gasteiger partial charge is 0.347 e. The minimum absolute atomic E-state index is 0.0344. The van der Waals surface area contributed by atoms with Gasteiger partial charge in [-0.15, -0.1) is 0 Å². The minimum atomic E-state index is -0.0405. The molecule has 0 aromatic rings. The molecule has 2 heterocycles. The molecule has 0 radical (unpaired) electrons. The van der Waals surface area contributed by atoms with Crippen LogP contribution in [0.25, 0.3) is 0 Å². The monoisotopic (exact) mass is 309 g/mol. The first-order chi connectivity index (χ1) is 10.3. The zero-order chi connectivity index (χ0) is 16.2. The molecule has 5 heteroatoms. The fourth-order valence-corrected chi connectivity index (χ4v) is 3.42. The summed E-state index contributed by atoms with van der Waals surface area (Å²) in [6.45, 7) is 10.3. The van der Waals surface area contributed by atoms with Crippen molar-refractivity contribution >= 4 is 11.8 Å². The number of nitrogens with one attached hydrogen (secondary N) is 1. The fourth-order valence-electron chi connectivity index (χ4n) is 3.42. The molecule has 0 aromatic carbocycles. The lowest BCUT2D eigenvalue weighted by Crippen LogP contribution is -2.48. The van der Waals surface area contributed by atoms with Gasteiger partial charge in [-0.25, -0.2) is 0 Å². The third kappa shape index (κ3) is 5.27. The molecule has 0 spiro atoms. The third-order valence-corrected chi connectivity index (χ3v) is 4.60. The lowest BCUT2D eigenvalue weighted by Gasteiger charge is -2.36. The van der Waals surface area contributed by atoms with Gasteiger partial charge in [-0.1, -0.05) is 20.8 Å². The molecule has 1 N–H and O–H groups in total. The molecule has 0 bridgehead atoms. The summed E-state index contributed by atoms with van der Waals surface area (Å²) in [6, 6.07) is 0.655. The van der Waals surface area contributed by atoms with Gasteiger partial charge in [-0.2, -0.15) is 0 Å². The second-order valence-electron chi connectivity index (χ2n) is 7.87. The highest BCUT2D eigenvalue weighted by Crippen LogP contribution is 2.21. The van der Waals surface area contributed by atoms with E-state index >= 15 is 0 Å². The number of amides is 2. The Kier molecular flexibility index (Phi) is 5.84. The van der Waals surface area contributed by atoms with Crippen LogP contribution < -0.4 is 5.32 Å². The van der Waals surface area contributed by atoms with Gasteiger partial charge in [0.2, 0.25) is 11.8 Å². The summed E-state index contributed by atoms with van der Waals surface area (Å²) in [6.07, 6.45) is 5.23. The van der Waals surface area contributed by atoms with Gasteiger partial charge in [0.1, 0.15) is 0 Å². The van der Waals surface area contributed by atoms with Crippen LogP contribution >= 0.6 is 0 Å². The third-order valence-electron chi connectivity index (χ3n) is 4.60. The van der Waals surface area contributed by atoms with Crippen LogP contribution in [-0.4, -0.2) is 60.4 Å². The molecule has 126 valence electrons. The van der Waals surface area contributed by atoms with E-state index in [-0.39, 0.29) is 23.8 Å². The normalized spacial score (nSPS) is 21.1. The van der Waals surface area contributed by atoms with Crippen LogP contribution in [0.1, 0.15) is 52.9 Å². The fraction of sp³-hybridized carbons (Fsp3) is 0.882. The average Bonchev–Trinajstić information content (AvgIpc) is 2.97. The molecular formula is C17H31N3O2. The first-order valence-corrected chi connectivity index (χ1v) is 8.64. The number of hydrogen-bond acceptors (Lipinski definition) is 3. The maximum atomic E-state index is 12.2. The topological polar surface area (TPSA) is 52.7 Å². The molecule has 0 aliphatic carbocycles. The van der Waals surface area contributed by atoms with Gasteiger partial charge in [0.25, 0.3) is 0 Å². The molecule has 2 fully saturated rings. The summed E-state index contributed by atoms with van der Waals surface area (Å²) < 4.78 is 0. The van der Waals surface area contributed by atoms with Crippen molar-refractivity contribution in [3.8, 4) is 0 Å². The van der Waals surface area contributed by atoms with Crippen molar-refractivity contribution in [1.82, 2.24) is 15.1 Å². The van der Waals surface area contributed by atoms with Gasteiger partial charge in [0.05, 0.1) is 6.54 Å². The smallest absolute Gasteiger partial charge is 0.241 e. The Hall–Kier alpha value is -1.10. The molecule has 0 aromatic heterocycles. The van der Waals surface area contributed by atoms with Gasteiger partial charge in [0, 0.05) is 25.6 Å². The van der Waals surface area contributed by atoms with E-state index in [1.54, 1.807) is 0 Å². The van der Waals surface area contributed by atoms with Crippen LogP contribution in [0.5, 0.6) is 0 Å². The predicted octanol–water partition coefficient (Wildman–Crippen LogP) is 1.63. The highest BCUT2D eigenvalue weighted by Gasteiger charge is 2.28.